The van der Waals surface area contributed by atoms with Crippen molar-refractivity contribution in [3.8, 4) is 22.3 Å². The second kappa shape index (κ2) is 7.34. The molecular formula is C34H20O2. The van der Waals surface area contributed by atoms with Gasteiger partial charge in [0, 0.05) is 27.3 Å². The van der Waals surface area contributed by atoms with Crippen molar-refractivity contribution in [2.75, 3.05) is 0 Å². The van der Waals surface area contributed by atoms with Crippen molar-refractivity contribution in [1.82, 2.24) is 0 Å². The third kappa shape index (κ3) is 2.61. The zero-order valence-corrected chi connectivity index (χ0v) is 17.8. The van der Waals surface area contributed by atoms with Crippen LogP contribution >= 0.6 is 0 Å². The van der Waals surface area contributed by atoms with Gasteiger partial charge in [0.15, 0.2) is 0 Å². The van der Waals surface area contributed by atoms with Crippen molar-refractivity contribution in [3.63, 3.8) is 0 Å². The van der Waals surface area contributed by atoms with Gasteiger partial charge in [0.1, 0.15) is 18.1 Å². The highest BCUT2D eigenvalue weighted by molar-refractivity contribution is 6.29. The third-order valence-electron chi connectivity index (χ3n) is 5.98. The molecule has 8 aromatic rings. The van der Waals surface area contributed by atoms with Crippen molar-refractivity contribution < 1.29 is 36.2 Å². The fourth-order valence-corrected chi connectivity index (χ4v) is 4.61. The fraction of sp³-hybridized carbons (Fsp3) is 0. The van der Waals surface area contributed by atoms with Gasteiger partial charge in [0.25, 0.3) is 0 Å². The van der Waals surface area contributed by atoms with Crippen LogP contribution in [0.4, 0.5) is 0 Å². The summed E-state index contributed by atoms with van der Waals surface area (Å²) in [6.07, 6.45) is -0.804. The second-order valence-electron chi connectivity index (χ2n) is 7.79. The van der Waals surface area contributed by atoms with Crippen LogP contribution in [0.25, 0.3) is 76.7 Å². The number of benzene rings is 6. The number of fused-ring (bicyclic) bond motifs is 6. The van der Waals surface area contributed by atoms with Crippen molar-refractivity contribution in [2.24, 2.45) is 0 Å². The summed E-state index contributed by atoms with van der Waals surface area (Å²) in [6.45, 7) is 0. The molecule has 0 saturated carbocycles. The molecule has 0 spiro atoms. The Balaban J connectivity index is 1.86. The van der Waals surface area contributed by atoms with E-state index < -0.39 is 187 Å². The Morgan fingerprint density at radius 1 is 0.500 bits per heavy atom. The largest absolute Gasteiger partial charge is 0.464 e. The maximum atomic E-state index is 9.30. The molecule has 8 rings (SSSR count). The molecule has 2 heterocycles. The van der Waals surface area contributed by atoms with Gasteiger partial charge in [-0.1, -0.05) is 96.7 Å². The molecule has 2 aromatic heterocycles. The molecule has 0 atom stereocenters. The highest BCUT2D eigenvalue weighted by atomic mass is 16.3. The predicted molar refractivity (Wildman–Crippen MR) is 149 cm³/mol. The quantitative estimate of drug-likeness (QED) is 0.230. The van der Waals surface area contributed by atoms with E-state index in [1.165, 1.54) is 0 Å². The van der Waals surface area contributed by atoms with E-state index in [1.807, 2.05) is 0 Å². The van der Waals surface area contributed by atoms with Crippen LogP contribution in [0.2, 0.25) is 0 Å². The van der Waals surface area contributed by atoms with Gasteiger partial charge >= 0.3 is 0 Å². The molecule has 6 aromatic carbocycles. The maximum absolute atomic E-state index is 9.30. The SMILES string of the molecule is [2H]c1oc2c(-c3c4c([2H])c([2H])c([2H])c([2H])c4c(-c4c([2H])c([2H])c([2H])c([2H])c4[2H])c4c([2H])c([2H])c([2H])c([2H])c34)c3c(oc4c([2H])c([2H])c([2H])c([2H])c43)c([2H])c2c1[2H]. The highest BCUT2D eigenvalue weighted by Gasteiger charge is 2.23. The van der Waals surface area contributed by atoms with E-state index in [4.69, 9.17) is 30.8 Å². The lowest BCUT2D eigenvalue weighted by Crippen LogP contribution is -1.91. The summed E-state index contributed by atoms with van der Waals surface area (Å²) in [6, 6.07) is -15.3. The summed E-state index contributed by atoms with van der Waals surface area (Å²) in [5.41, 5.74) is -3.62. The molecule has 0 fully saturated rings. The molecule has 2 nitrogen and oxygen atoms in total. The number of hydrogen-bond acceptors (Lipinski definition) is 2. The van der Waals surface area contributed by atoms with Crippen LogP contribution in [0, 0.1) is 0 Å². The Bertz CT molecular complexity index is 3090. The van der Waals surface area contributed by atoms with Gasteiger partial charge in [0.05, 0.1) is 32.3 Å². The normalized spacial score (nSPS) is 19.7. The van der Waals surface area contributed by atoms with Crippen molar-refractivity contribution in [2.45, 2.75) is 0 Å². The third-order valence-corrected chi connectivity index (χ3v) is 5.98. The van der Waals surface area contributed by atoms with Crippen LogP contribution in [0.5, 0.6) is 0 Å². The molecule has 36 heavy (non-hydrogen) atoms. The fourth-order valence-electron chi connectivity index (χ4n) is 4.61. The molecule has 2 heteroatoms. The lowest BCUT2D eigenvalue weighted by atomic mass is 9.84. The first-order valence-electron chi connectivity index (χ1n) is 20.6. The van der Waals surface area contributed by atoms with Crippen LogP contribution in [0.3, 0.4) is 0 Å². The molecule has 168 valence electrons. The van der Waals surface area contributed by atoms with Crippen LogP contribution in [0.1, 0.15) is 27.4 Å². The predicted octanol–water partition coefficient (Wildman–Crippen LogP) is 9.97. The van der Waals surface area contributed by atoms with Crippen molar-refractivity contribution in [1.29, 1.82) is 0 Å². The van der Waals surface area contributed by atoms with Gasteiger partial charge in [-0.2, -0.15) is 0 Å². The summed E-state index contributed by atoms with van der Waals surface area (Å²) in [5.74, 6) is 0. The van der Waals surface area contributed by atoms with Gasteiger partial charge in [-0.25, -0.2) is 0 Å². The second-order valence-corrected chi connectivity index (χ2v) is 7.79. The standard InChI is InChI=1S/C34H20O2/c1-2-10-21(11-3-1)30-23-12-4-6-14-25(23)31(26-15-7-5-13-24(26)30)33-32-27-16-8-9-17-28(27)36-29(32)20-22-18-19-35-34(22)33/h1-20H/i1D,2D,3D,4D,5D,6D,7D,8D,9D,10D,11D,12D,13D,14D,15D,16D,17D,18D,19D,20D. The number of rotatable bonds is 2. The van der Waals surface area contributed by atoms with Crippen molar-refractivity contribution in [3.05, 3.63) is 121 Å². The molecule has 0 aliphatic rings. The van der Waals surface area contributed by atoms with Crippen LogP contribution in [-0.2, 0) is 0 Å². The lowest BCUT2D eigenvalue weighted by molar-refractivity contribution is 0.617. The molecule has 0 unspecified atom stereocenters. The molecule has 0 aliphatic carbocycles. The van der Waals surface area contributed by atoms with Gasteiger partial charge in [-0.05, 0) is 50.8 Å². The Kier molecular flexibility index (Phi) is 1.71. The van der Waals surface area contributed by atoms with Gasteiger partial charge in [0.2, 0.25) is 0 Å². The first-order valence-corrected chi connectivity index (χ1v) is 10.6. The highest BCUT2D eigenvalue weighted by Crippen LogP contribution is 2.49. The lowest BCUT2D eigenvalue weighted by Gasteiger charge is -2.18. The number of para-hydroxylation sites is 1. The average Bonchev–Trinajstić information content (AvgIpc) is 3.71. The van der Waals surface area contributed by atoms with E-state index in [-0.39, 0.29) is 10.8 Å². The molecule has 0 bridgehead atoms. The molecule has 0 N–H and O–H groups in total. The minimum Gasteiger partial charge on any atom is -0.464 e. The Morgan fingerprint density at radius 2 is 1.08 bits per heavy atom. The number of hydrogen-bond donors (Lipinski definition) is 0. The first kappa shape index (κ1) is 8.39. The van der Waals surface area contributed by atoms with Crippen LogP contribution in [-0.4, -0.2) is 0 Å². The summed E-state index contributed by atoms with van der Waals surface area (Å²) in [5, 5.41) is -3.39. The van der Waals surface area contributed by atoms with E-state index in [9.17, 15) is 5.48 Å². The summed E-state index contributed by atoms with van der Waals surface area (Å²) in [4.78, 5) is 0. The van der Waals surface area contributed by atoms with Gasteiger partial charge in [-0.3, -0.25) is 0 Å². The first-order chi connectivity index (χ1) is 26.2. The Morgan fingerprint density at radius 3 is 1.78 bits per heavy atom. The van der Waals surface area contributed by atoms with Gasteiger partial charge in [-0.15, -0.1) is 0 Å². The summed E-state index contributed by atoms with van der Waals surface area (Å²) in [7, 11) is 0. The van der Waals surface area contributed by atoms with Crippen LogP contribution in [0.15, 0.2) is 130 Å². The summed E-state index contributed by atoms with van der Waals surface area (Å²) >= 11 is 0. The van der Waals surface area contributed by atoms with E-state index in [2.05, 4.69) is 0 Å². The summed E-state index contributed by atoms with van der Waals surface area (Å²) < 4.78 is 187. The Hall–Kier alpha value is -4.82. The smallest absolute Gasteiger partial charge is 0.142 e. The molecular weight excluding hydrogens is 440 g/mol. The van der Waals surface area contributed by atoms with E-state index in [0.717, 1.165) is 0 Å². The van der Waals surface area contributed by atoms with Gasteiger partial charge < -0.3 is 8.83 Å². The van der Waals surface area contributed by atoms with E-state index in [0.29, 0.717) is 0 Å². The molecule has 0 radical (unpaired) electrons. The van der Waals surface area contributed by atoms with Crippen molar-refractivity contribution >= 4 is 54.5 Å². The molecule has 0 amide bonds. The minimum absolute atomic E-state index is 0.351. The van der Waals surface area contributed by atoms with E-state index in [1.54, 1.807) is 0 Å². The average molecular weight is 481 g/mol. The molecule has 0 aliphatic heterocycles. The zero-order valence-electron chi connectivity index (χ0n) is 37.8. The zero-order chi connectivity index (χ0) is 41.0. The Labute approximate surface area is 235 Å². The molecule has 0 saturated heterocycles. The topological polar surface area (TPSA) is 26.3 Å². The van der Waals surface area contributed by atoms with E-state index >= 15 is 0 Å². The number of furan rings is 2. The maximum Gasteiger partial charge on any atom is 0.142 e. The van der Waals surface area contributed by atoms with Crippen LogP contribution < -0.4 is 0 Å². The monoisotopic (exact) mass is 480 g/mol. The minimum atomic E-state index is -0.874.